The summed E-state index contributed by atoms with van der Waals surface area (Å²) in [6.07, 6.45) is 0.421. The van der Waals surface area contributed by atoms with Crippen molar-refractivity contribution in [3.63, 3.8) is 0 Å². The van der Waals surface area contributed by atoms with Crippen LogP contribution in [0.2, 0.25) is 0 Å². The van der Waals surface area contributed by atoms with Gasteiger partial charge >= 0.3 is 0 Å². The summed E-state index contributed by atoms with van der Waals surface area (Å²) >= 11 is 1.47. The Bertz CT molecular complexity index is 1950. The number of H-pyrrole nitrogens is 1. The Morgan fingerprint density at radius 2 is 1.61 bits per heavy atom. The molecule has 6 rings (SSSR count). The molecule has 9 atom stereocenters. The van der Waals surface area contributed by atoms with Gasteiger partial charge in [-0.1, -0.05) is 50.6 Å². The molecule has 0 bridgehead atoms. The van der Waals surface area contributed by atoms with Crippen molar-refractivity contribution in [3.8, 4) is 0 Å². The lowest BCUT2D eigenvalue weighted by Gasteiger charge is -2.31. The van der Waals surface area contributed by atoms with Crippen molar-refractivity contribution < 1.29 is 38.7 Å². The molecule has 0 spiro atoms. The van der Waals surface area contributed by atoms with Gasteiger partial charge in [0, 0.05) is 25.0 Å². The number of aromatic amines is 1. The van der Waals surface area contributed by atoms with E-state index in [1.807, 2.05) is 25.3 Å². The number of carbonyl (C=O) groups is 7. The predicted molar refractivity (Wildman–Crippen MR) is 211 cm³/mol. The van der Waals surface area contributed by atoms with Crippen molar-refractivity contribution >= 4 is 62.9 Å². The fourth-order valence-electron chi connectivity index (χ4n) is 7.95. The Morgan fingerprint density at radius 1 is 0.877 bits per heavy atom. The predicted octanol–water partition coefficient (Wildman–Crippen LogP) is 0.856. The number of hydrogen-bond donors (Lipinski definition) is 8. The van der Waals surface area contributed by atoms with Gasteiger partial charge in [-0.15, -0.1) is 11.3 Å². The number of aromatic nitrogens is 1. The average Bonchev–Trinajstić information content (AvgIpc) is 3.97. The van der Waals surface area contributed by atoms with Gasteiger partial charge in [-0.3, -0.25) is 33.6 Å². The van der Waals surface area contributed by atoms with Gasteiger partial charge in [0.2, 0.25) is 35.4 Å². The normalized spacial score (nSPS) is 28.6. The van der Waals surface area contributed by atoms with Gasteiger partial charge < -0.3 is 46.9 Å². The maximum atomic E-state index is 14.7. The highest BCUT2D eigenvalue weighted by Crippen LogP contribution is 2.27. The van der Waals surface area contributed by atoms with Crippen LogP contribution in [-0.2, 0) is 35.2 Å². The zero-order valence-electron chi connectivity index (χ0n) is 32.5. The Kier molecular flexibility index (Phi) is 13.0. The highest BCUT2D eigenvalue weighted by molar-refractivity contribution is 7.17. The van der Waals surface area contributed by atoms with Crippen molar-refractivity contribution in [2.45, 2.75) is 115 Å². The minimum absolute atomic E-state index is 0.00714. The highest BCUT2D eigenvalue weighted by Gasteiger charge is 2.45. The molecule has 2 aliphatic heterocycles. The summed E-state index contributed by atoms with van der Waals surface area (Å²) in [7, 11) is 0. The van der Waals surface area contributed by atoms with Crippen LogP contribution in [0.3, 0.4) is 0 Å². The van der Waals surface area contributed by atoms with E-state index in [1.54, 1.807) is 36.4 Å². The largest absolute Gasteiger partial charge is 0.391 e. The zero-order valence-corrected chi connectivity index (χ0v) is 33.3. The van der Waals surface area contributed by atoms with Crippen LogP contribution in [0.25, 0.3) is 10.2 Å². The van der Waals surface area contributed by atoms with E-state index in [9.17, 15) is 38.7 Å². The van der Waals surface area contributed by atoms with Gasteiger partial charge in [0.05, 0.1) is 22.2 Å². The lowest BCUT2D eigenvalue weighted by Crippen LogP contribution is -2.61. The lowest BCUT2D eigenvalue weighted by molar-refractivity contribution is -0.143. The van der Waals surface area contributed by atoms with E-state index < -0.39 is 95.7 Å². The van der Waals surface area contributed by atoms with Gasteiger partial charge in [0.1, 0.15) is 35.9 Å². The van der Waals surface area contributed by atoms with Crippen molar-refractivity contribution in [2.24, 2.45) is 11.8 Å². The number of benzene rings is 1. The first kappa shape index (κ1) is 41.3. The fraction of sp³-hybridized carbons (Fsp3) is 0.525. The quantitative estimate of drug-likeness (QED) is 0.170. The molecule has 3 aliphatic rings. The second kappa shape index (κ2) is 17.9. The number of carbonyl (C=O) groups excluding carboxylic acids is 7. The first-order chi connectivity index (χ1) is 27.2. The molecule has 8 N–H and O–H groups in total. The molecule has 3 fully saturated rings. The third-order valence-electron chi connectivity index (χ3n) is 10.9. The first-order valence-corrected chi connectivity index (χ1v) is 20.5. The third kappa shape index (κ3) is 9.82. The molecular weight excluding hydrogens is 753 g/mol. The molecule has 17 heteroatoms. The van der Waals surface area contributed by atoms with E-state index >= 15 is 0 Å². The van der Waals surface area contributed by atoms with Crippen molar-refractivity contribution in [3.05, 3.63) is 59.1 Å². The van der Waals surface area contributed by atoms with E-state index in [2.05, 4.69) is 36.9 Å². The molecule has 7 amide bonds. The minimum atomic E-state index is -1.52. The lowest BCUT2D eigenvalue weighted by atomic mass is 9.98. The van der Waals surface area contributed by atoms with Crippen molar-refractivity contribution in [1.82, 2.24) is 41.8 Å². The summed E-state index contributed by atoms with van der Waals surface area (Å²) in [4.78, 5) is 102. The molecule has 1 aliphatic carbocycles. The molecule has 306 valence electrons. The van der Waals surface area contributed by atoms with Gasteiger partial charge in [-0.2, -0.15) is 0 Å². The summed E-state index contributed by atoms with van der Waals surface area (Å²) in [5.41, 5.74) is 1.80. The van der Waals surface area contributed by atoms with Gasteiger partial charge in [0.15, 0.2) is 0 Å². The molecule has 1 saturated carbocycles. The maximum Gasteiger partial charge on any atom is 0.268 e. The van der Waals surface area contributed by atoms with Crippen LogP contribution in [0.5, 0.6) is 0 Å². The fourth-order valence-corrected chi connectivity index (χ4v) is 8.73. The number of amides is 7. The van der Waals surface area contributed by atoms with E-state index in [4.69, 9.17) is 0 Å². The zero-order chi connectivity index (χ0) is 41.0. The smallest absolute Gasteiger partial charge is 0.268 e. The van der Waals surface area contributed by atoms with Gasteiger partial charge in [-0.25, -0.2) is 0 Å². The number of nitrogens with zero attached hydrogens (tertiary/aromatic N) is 1. The van der Waals surface area contributed by atoms with Crippen LogP contribution >= 0.6 is 11.3 Å². The standard InChI is InChI=1S/C40H52N8O8S/c1-20(2)15-28-37(53)47-33(22(4)49)39(55)46-30(16-23-9-6-5-7-10-23)40(56)48-19-24(42-36(52)29-18-32-27(43-29)13-14-57-32)17-31(48)38(54)41-21(3)34(50)44-26-12-8-11-25(26)35(51)45-28/h5-7,9-10,13-14,18,20-22,24-26,28,30-31,33,43,49H,8,11-12,15-17,19H2,1-4H3,(H,41,54)(H,42,52)(H,44,50)(H,45,51)(H,46,55)(H,47,53)/t21-,22+,24+,25+,26+,28-,30-,31?,33-/m0/s1. The van der Waals surface area contributed by atoms with Crippen LogP contribution in [-0.4, -0.2) is 111 Å². The highest BCUT2D eigenvalue weighted by atomic mass is 32.1. The summed E-state index contributed by atoms with van der Waals surface area (Å²) in [5, 5.41) is 29.5. The average molecular weight is 805 g/mol. The second-order valence-electron chi connectivity index (χ2n) is 15.8. The Labute approximate surface area is 334 Å². The van der Waals surface area contributed by atoms with Crippen LogP contribution in [0.4, 0.5) is 0 Å². The number of thiophene rings is 1. The number of aliphatic hydroxyl groups is 1. The van der Waals surface area contributed by atoms with E-state index in [1.165, 1.54) is 30.1 Å². The molecule has 0 radical (unpaired) electrons. The molecular formula is C40H52N8O8S. The number of rotatable bonds is 7. The molecule has 3 aromatic rings. The van der Waals surface area contributed by atoms with Crippen LogP contribution in [0.1, 0.15) is 75.9 Å². The van der Waals surface area contributed by atoms with Crippen LogP contribution in [0, 0.1) is 11.8 Å². The third-order valence-corrected chi connectivity index (χ3v) is 11.8. The van der Waals surface area contributed by atoms with E-state index in [-0.39, 0.29) is 31.7 Å². The molecule has 57 heavy (non-hydrogen) atoms. The summed E-state index contributed by atoms with van der Waals surface area (Å²) in [6, 6.07) is 5.14. The van der Waals surface area contributed by atoms with Crippen LogP contribution in [0.15, 0.2) is 47.8 Å². The summed E-state index contributed by atoms with van der Waals surface area (Å²) in [5.74, 6) is -4.91. The Morgan fingerprint density at radius 3 is 2.32 bits per heavy atom. The molecule has 2 aromatic heterocycles. The molecule has 1 unspecified atom stereocenters. The maximum absolute atomic E-state index is 14.7. The summed E-state index contributed by atoms with van der Waals surface area (Å²) < 4.78 is 0.894. The Hall–Kier alpha value is -5.29. The number of nitrogens with one attached hydrogen (secondary N) is 7. The monoisotopic (exact) mass is 804 g/mol. The number of hydrogen-bond acceptors (Lipinski definition) is 9. The van der Waals surface area contributed by atoms with Crippen molar-refractivity contribution in [2.75, 3.05) is 6.54 Å². The van der Waals surface area contributed by atoms with Gasteiger partial charge in [-0.05, 0) is 68.5 Å². The first-order valence-electron chi connectivity index (χ1n) is 19.6. The van der Waals surface area contributed by atoms with Gasteiger partial charge in [0.25, 0.3) is 5.91 Å². The topological polar surface area (TPSA) is 231 Å². The van der Waals surface area contributed by atoms with E-state index in [0.29, 0.717) is 30.5 Å². The minimum Gasteiger partial charge on any atom is -0.391 e. The molecule has 4 heterocycles. The molecule has 16 nitrogen and oxygen atoms in total. The van der Waals surface area contributed by atoms with Crippen LogP contribution < -0.4 is 31.9 Å². The molecule has 2 saturated heterocycles. The molecule has 1 aromatic carbocycles. The summed E-state index contributed by atoms with van der Waals surface area (Å²) in [6.45, 7) is 6.51. The number of fused-ring (bicyclic) bond motifs is 3. The van der Waals surface area contributed by atoms with Crippen molar-refractivity contribution in [1.29, 1.82) is 0 Å². The SMILES string of the molecule is CC(C)C[C@@H]1NC(=O)[C@@H]2CCC[C@H]2NC(=O)[C@H](C)NC(=O)C2C[C@@H](NC(=O)c3cc4sccc4[nH]3)CN2C(=O)[C@H](Cc2ccccc2)NC(=O)[C@H]([C@@H](C)O)NC1=O. The Balaban J connectivity index is 1.34. The van der Waals surface area contributed by atoms with E-state index in [0.717, 1.165) is 10.2 Å². The second-order valence-corrected chi connectivity index (χ2v) is 16.8. The number of aliphatic hydroxyl groups excluding tert-OH is 1.